The molecule has 0 radical (unpaired) electrons. The van der Waals surface area contributed by atoms with Crippen molar-refractivity contribution in [1.29, 1.82) is 0 Å². The Labute approximate surface area is 93.6 Å². The normalized spacial score (nSPS) is 52.8. The van der Waals surface area contributed by atoms with Crippen molar-refractivity contribution < 1.29 is 4.74 Å². The number of hydrogen-bond acceptors (Lipinski definition) is 1. The molecule has 4 fully saturated rings. The highest BCUT2D eigenvalue weighted by Crippen LogP contribution is 2.59. The summed E-state index contributed by atoms with van der Waals surface area (Å²) in [6.07, 6.45) is 7.75. The first-order valence-corrected chi connectivity index (χ1v) is 6.75. The summed E-state index contributed by atoms with van der Waals surface area (Å²) in [7, 11) is 0. The van der Waals surface area contributed by atoms with Gasteiger partial charge in [-0.1, -0.05) is 0 Å². The summed E-state index contributed by atoms with van der Waals surface area (Å²) in [5.74, 6) is 3.85. The maximum absolute atomic E-state index is 6.31. The lowest BCUT2D eigenvalue weighted by atomic mass is 9.50. The summed E-state index contributed by atoms with van der Waals surface area (Å²) in [4.78, 5) is 0. The van der Waals surface area contributed by atoms with Crippen molar-refractivity contribution in [2.75, 3.05) is 0 Å². The molecule has 0 spiro atoms. The highest BCUT2D eigenvalue weighted by molar-refractivity contribution is 5.06. The zero-order valence-corrected chi connectivity index (χ0v) is 10.3. The molecule has 0 amide bonds. The van der Waals surface area contributed by atoms with E-state index in [4.69, 9.17) is 4.74 Å². The molecule has 4 aliphatic carbocycles. The molecule has 0 unspecified atom stereocenters. The predicted octanol–water partition coefficient (Wildman–Crippen LogP) is 3.63. The van der Waals surface area contributed by atoms with Crippen molar-refractivity contribution in [3.05, 3.63) is 0 Å². The molecule has 0 aromatic heterocycles. The van der Waals surface area contributed by atoms with E-state index in [1.807, 2.05) is 0 Å². The fourth-order valence-electron chi connectivity index (χ4n) is 4.82. The Morgan fingerprint density at radius 2 is 1.40 bits per heavy atom. The van der Waals surface area contributed by atoms with E-state index in [2.05, 4.69) is 20.8 Å². The molecule has 0 aromatic rings. The molecule has 4 bridgehead atoms. The largest absolute Gasteiger partial charge is 0.372 e. The minimum absolute atomic E-state index is 0.224. The molecule has 1 heteroatoms. The molecular weight excluding hydrogens is 184 g/mol. The number of ether oxygens (including phenoxy) is 1. The van der Waals surface area contributed by atoms with E-state index >= 15 is 0 Å². The summed E-state index contributed by atoms with van der Waals surface area (Å²) in [5, 5.41) is 0. The van der Waals surface area contributed by atoms with E-state index in [1.165, 1.54) is 32.1 Å². The van der Waals surface area contributed by atoms with Crippen LogP contribution in [0.1, 0.15) is 52.9 Å². The van der Waals surface area contributed by atoms with Crippen molar-refractivity contribution in [2.24, 2.45) is 23.7 Å². The van der Waals surface area contributed by atoms with Gasteiger partial charge in [-0.25, -0.2) is 0 Å². The van der Waals surface area contributed by atoms with Crippen LogP contribution in [0.15, 0.2) is 0 Å². The molecule has 4 saturated carbocycles. The van der Waals surface area contributed by atoms with Gasteiger partial charge >= 0.3 is 0 Å². The first-order valence-electron chi connectivity index (χ1n) is 6.75. The SMILES string of the molecule is CC(C)OC1(C)C2CC3CC(C2)CC1C3. The molecule has 0 heterocycles. The Hall–Kier alpha value is -0.0400. The Bertz CT molecular complexity index is 228. The van der Waals surface area contributed by atoms with Crippen LogP contribution in [-0.4, -0.2) is 11.7 Å². The highest BCUT2D eigenvalue weighted by atomic mass is 16.5. The third kappa shape index (κ3) is 1.46. The third-order valence-electron chi connectivity index (χ3n) is 5.25. The molecular formula is C14H24O. The fraction of sp³-hybridized carbons (Fsp3) is 1.00. The molecule has 0 saturated heterocycles. The van der Waals surface area contributed by atoms with Crippen LogP contribution in [0.5, 0.6) is 0 Å². The first-order chi connectivity index (χ1) is 7.08. The summed E-state index contributed by atoms with van der Waals surface area (Å²) in [6, 6.07) is 0. The van der Waals surface area contributed by atoms with Gasteiger partial charge in [0.15, 0.2) is 0 Å². The second-order valence-corrected chi connectivity index (χ2v) is 6.65. The van der Waals surface area contributed by atoms with Gasteiger partial charge in [0.25, 0.3) is 0 Å². The Balaban J connectivity index is 1.84. The molecule has 1 nitrogen and oxygen atoms in total. The zero-order valence-electron chi connectivity index (χ0n) is 10.3. The van der Waals surface area contributed by atoms with Gasteiger partial charge in [0.2, 0.25) is 0 Å². The van der Waals surface area contributed by atoms with Gasteiger partial charge in [0, 0.05) is 0 Å². The standard InChI is InChI=1S/C14H24O/c1-9(2)15-14(3)12-5-10-4-11(7-12)8-13(14)6-10/h9-13H,4-8H2,1-3H3. The van der Waals surface area contributed by atoms with Gasteiger partial charge in [-0.05, 0) is 76.5 Å². The van der Waals surface area contributed by atoms with E-state index < -0.39 is 0 Å². The van der Waals surface area contributed by atoms with Crippen molar-refractivity contribution >= 4 is 0 Å². The molecule has 86 valence electrons. The van der Waals surface area contributed by atoms with Gasteiger partial charge in [0.1, 0.15) is 0 Å². The van der Waals surface area contributed by atoms with Gasteiger partial charge < -0.3 is 4.74 Å². The van der Waals surface area contributed by atoms with Gasteiger partial charge in [0.05, 0.1) is 11.7 Å². The highest BCUT2D eigenvalue weighted by Gasteiger charge is 2.55. The van der Waals surface area contributed by atoms with Crippen LogP contribution in [0.4, 0.5) is 0 Å². The lowest BCUT2D eigenvalue weighted by Crippen LogP contribution is -2.58. The van der Waals surface area contributed by atoms with Crippen LogP contribution in [0.25, 0.3) is 0 Å². The summed E-state index contributed by atoms with van der Waals surface area (Å²) in [6.45, 7) is 6.78. The van der Waals surface area contributed by atoms with E-state index in [-0.39, 0.29) is 5.60 Å². The van der Waals surface area contributed by atoms with Crippen LogP contribution in [0, 0.1) is 23.7 Å². The number of rotatable bonds is 2. The quantitative estimate of drug-likeness (QED) is 0.673. The second-order valence-electron chi connectivity index (χ2n) is 6.65. The first kappa shape index (κ1) is 10.1. The Morgan fingerprint density at radius 1 is 0.933 bits per heavy atom. The molecule has 4 aliphatic rings. The molecule has 15 heavy (non-hydrogen) atoms. The van der Waals surface area contributed by atoms with Crippen LogP contribution in [0.3, 0.4) is 0 Å². The smallest absolute Gasteiger partial charge is 0.0714 e. The molecule has 0 aromatic carbocycles. The maximum Gasteiger partial charge on any atom is 0.0714 e. The van der Waals surface area contributed by atoms with Gasteiger partial charge in [-0.2, -0.15) is 0 Å². The van der Waals surface area contributed by atoms with Gasteiger partial charge in [-0.15, -0.1) is 0 Å². The molecule has 0 N–H and O–H groups in total. The van der Waals surface area contributed by atoms with E-state index in [9.17, 15) is 0 Å². The minimum atomic E-state index is 0.224. The van der Waals surface area contributed by atoms with Crippen LogP contribution < -0.4 is 0 Å². The average Bonchev–Trinajstić information content (AvgIpc) is 2.12. The van der Waals surface area contributed by atoms with Crippen LogP contribution in [0.2, 0.25) is 0 Å². The molecule has 0 aliphatic heterocycles. The van der Waals surface area contributed by atoms with E-state index in [0.717, 1.165) is 23.7 Å². The monoisotopic (exact) mass is 208 g/mol. The lowest BCUT2D eigenvalue weighted by Gasteiger charge is -2.60. The minimum Gasteiger partial charge on any atom is -0.372 e. The van der Waals surface area contributed by atoms with E-state index in [1.54, 1.807) is 0 Å². The fourth-order valence-corrected chi connectivity index (χ4v) is 4.82. The summed E-state index contributed by atoms with van der Waals surface area (Å²) < 4.78 is 6.31. The van der Waals surface area contributed by atoms with Crippen molar-refractivity contribution in [2.45, 2.75) is 64.6 Å². The zero-order chi connectivity index (χ0) is 10.6. The van der Waals surface area contributed by atoms with Gasteiger partial charge in [-0.3, -0.25) is 0 Å². The summed E-state index contributed by atoms with van der Waals surface area (Å²) >= 11 is 0. The van der Waals surface area contributed by atoms with Crippen molar-refractivity contribution in [3.63, 3.8) is 0 Å². The van der Waals surface area contributed by atoms with E-state index in [0.29, 0.717) is 6.10 Å². The summed E-state index contributed by atoms with van der Waals surface area (Å²) in [5.41, 5.74) is 0.224. The Kier molecular flexibility index (Phi) is 2.18. The van der Waals surface area contributed by atoms with Crippen LogP contribution >= 0.6 is 0 Å². The molecule has 0 atom stereocenters. The number of hydrogen-bond donors (Lipinski definition) is 0. The van der Waals surface area contributed by atoms with Crippen LogP contribution in [-0.2, 0) is 4.74 Å². The molecule has 4 rings (SSSR count). The van der Waals surface area contributed by atoms with Crippen molar-refractivity contribution in [1.82, 2.24) is 0 Å². The average molecular weight is 208 g/mol. The van der Waals surface area contributed by atoms with Crippen molar-refractivity contribution in [3.8, 4) is 0 Å². The maximum atomic E-state index is 6.31. The lowest BCUT2D eigenvalue weighted by molar-refractivity contribution is -0.209. The third-order valence-corrected chi connectivity index (χ3v) is 5.25. The topological polar surface area (TPSA) is 9.23 Å². The predicted molar refractivity (Wildman–Crippen MR) is 61.7 cm³/mol. The second kappa shape index (κ2) is 3.23. The Morgan fingerprint density at radius 3 is 1.80 bits per heavy atom.